The maximum atomic E-state index is 11.4. The summed E-state index contributed by atoms with van der Waals surface area (Å²) >= 11 is 0. The summed E-state index contributed by atoms with van der Waals surface area (Å²) in [5.41, 5.74) is 4.00. The largest absolute Gasteiger partial charge is 0.323 e. The predicted molar refractivity (Wildman–Crippen MR) is 79.7 cm³/mol. The second-order valence-electron chi connectivity index (χ2n) is 5.45. The van der Waals surface area contributed by atoms with Gasteiger partial charge in [0, 0.05) is 18.8 Å². The van der Waals surface area contributed by atoms with Crippen molar-refractivity contribution in [3.8, 4) is 0 Å². The SMILES string of the molecule is Cc1nn(C)c(N2c3ccccc3CCC2C)c1C=O. The minimum atomic E-state index is 0.360. The fourth-order valence-corrected chi connectivity index (χ4v) is 3.10. The molecule has 2 heterocycles. The molecule has 1 aromatic heterocycles. The normalized spacial score (nSPS) is 17.9. The number of anilines is 2. The average molecular weight is 269 g/mol. The second kappa shape index (κ2) is 4.78. The summed E-state index contributed by atoms with van der Waals surface area (Å²) < 4.78 is 1.82. The van der Waals surface area contributed by atoms with E-state index < -0.39 is 0 Å². The third-order valence-electron chi connectivity index (χ3n) is 4.11. The number of hydrogen-bond acceptors (Lipinski definition) is 3. The maximum absolute atomic E-state index is 11.4. The lowest BCUT2D eigenvalue weighted by atomic mass is 9.96. The van der Waals surface area contributed by atoms with Crippen LogP contribution >= 0.6 is 0 Å². The molecule has 0 saturated heterocycles. The first-order chi connectivity index (χ1) is 9.63. The van der Waals surface area contributed by atoms with E-state index in [1.165, 1.54) is 11.3 Å². The smallest absolute Gasteiger partial charge is 0.155 e. The number of hydrogen-bond donors (Lipinski definition) is 0. The summed E-state index contributed by atoms with van der Waals surface area (Å²) in [6.45, 7) is 4.08. The molecule has 4 heteroatoms. The highest BCUT2D eigenvalue weighted by Gasteiger charge is 2.29. The summed E-state index contributed by atoms with van der Waals surface area (Å²) in [5.74, 6) is 0.900. The molecule has 1 aliphatic heterocycles. The van der Waals surface area contributed by atoms with Crippen molar-refractivity contribution in [2.45, 2.75) is 32.7 Å². The molecule has 20 heavy (non-hydrogen) atoms. The number of nitrogens with zero attached hydrogens (tertiary/aromatic N) is 3. The van der Waals surface area contributed by atoms with Gasteiger partial charge in [0.25, 0.3) is 0 Å². The van der Waals surface area contributed by atoms with E-state index in [0.29, 0.717) is 11.6 Å². The van der Waals surface area contributed by atoms with Crippen molar-refractivity contribution in [2.75, 3.05) is 4.90 Å². The molecule has 2 aromatic rings. The number of carbonyl (C=O) groups excluding carboxylic acids is 1. The highest BCUT2D eigenvalue weighted by molar-refractivity contribution is 5.87. The first kappa shape index (κ1) is 12.9. The van der Waals surface area contributed by atoms with Gasteiger partial charge in [-0.2, -0.15) is 5.10 Å². The van der Waals surface area contributed by atoms with Gasteiger partial charge in [0.15, 0.2) is 6.29 Å². The molecule has 3 rings (SSSR count). The Kier molecular flexibility index (Phi) is 3.08. The van der Waals surface area contributed by atoms with Gasteiger partial charge in [0.2, 0.25) is 0 Å². The van der Waals surface area contributed by atoms with Crippen LogP contribution in [-0.4, -0.2) is 22.1 Å². The molecule has 1 unspecified atom stereocenters. The van der Waals surface area contributed by atoms with Gasteiger partial charge in [-0.3, -0.25) is 9.48 Å². The number of aryl methyl sites for hydroxylation is 3. The number of aldehydes is 1. The Morgan fingerprint density at radius 2 is 2.10 bits per heavy atom. The molecule has 0 spiro atoms. The van der Waals surface area contributed by atoms with Crippen molar-refractivity contribution in [1.29, 1.82) is 0 Å². The van der Waals surface area contributed by atoms with E-state index in [4.69, 9.17) is 0 Å². The lowest BCUT2D eigenvalue weighted by Crippen LogP contribution is -2.35. The van der Waals surface area contributed by atoms with Crippen LogP contribution in [0.3, 0.4) is 0 Å². The quantitative estimate of drug-likeness (QED) is 0.787. The predicted octanol–water partition coefficient (Wildman–Crippen LogP) is 3.01. The summed E-state index contributed by atoms with van der Waals surface area (Å²) in [6.07, 6.45) is 3.09. The zero-order valence-corrected chi connectivity index (χ0v) is 12.1. The zero-order valence-electron chi connectivity index (χ0n) is 12.1. The monoisotopic (exact) mass is 269 g/mol. The molecular weight excluding hydrogens is 250 g/mol. The maximum Gasteiger partial charge on any atom is 0.155 e. The van der Waals surface area contributed by atoms with Crippen molar-refractivity contribution >= 4 is 17.8 Å². The van der Waals surface area contributed by atoms with Crippen LogP contribution in [-0.2, 0) is 13.5 Å². The topological polar surface area (TPSA) is 38.1 Å². The molecular formula is C16H19N3O. The first-order valence-electron chi connectivity index (χ1n) is 6.99. The Morgan fingerprint density at radius 1 is 1.35 bits per heavy atom. The number of carbonyl (C=O) groups is 1. The van der Waals surface area contributed by atoms with Crippen LogP contribution in [0, 0.1) is 6.92 Å². The van der Waals surface area contributed by atoms with Crippen LogP contribution in [0.2, 0.25) is 0 Å². The minimum absolute atomic E-state index is 0.360. The highest BCUT2D eigenvalue weighted by atomic mass is 16.1. The van der Waals surface area contributed by atoms with Crippen molar-refractivity contribution in [2.24, 2.45) is 7.05 Å². The molecule has 104 valence electrons. The van der Waals surface area contributed by atoms with Crippen molar-refractivity contribution in [3.05, 3.63) is 41.1 Å². The van der Waals surface area contributed by atoms with E-state index in [9.17, 15) is 4.79 Å². The molecule has 1 aromatic carbocycles. The molecule has 1 aliphatic rings. The van der Waals surface area contributed by atoms with Crippen LogP contribution in [0.5, 0.6) is 0 Å². The van der Waals surface area contributed by atoms with Gasteiger partial charge in [-0.25, -0.2) is 0 Å². The van der Waals surface area contributed by atoms with Gasteiger partial charge in [0.1, 0.15) is 5.82 Å². The first-order valence-corrected chi connectivity index (χ1v) is 6.99. The fourth-order valence-electron chi connectivity index (χ4n) is 3.10. The Balaban J connectivity index is 2.21. The summed E-state index contributed by atoms with van der Waals surface area (Å²) in [5, 5.41) is 4.41. The van der Waals surface area contributed by atoms with Crippen molar-refractivity contribution in [1.82, 2.24) is 9.78 Å². The van der Waals surface area contributed by atoms with E-state index in [0.717, 1.165) is 30.6 Å². The molecule has 0 bridgehead atoms. The third-order valence-corrected chi connectivity index (χ3v) is 4.11. The molecule has 0 radical (unpaired) electrons. The second-order valence-corrected chi connectivity index (χ2v) is 5.45. The molecule has 0 saturated carbocycles. The standard InChI is InChI=1S/C16H19N3O/c1-11-8-9-13-6-4-5-7-15(13)19(11)16-14(10-20)12(2)17-18(16)3/h4-7,10-11H,8-9H2,1-3H3. The number of rotatable bonds is 2. The van der Waals surface area contributed by atoms with Crippen molar-refractivity contribution in [3.63, 3.8) is 0 Å². The number of para-hydroxylation sites is 1. The summed E-state index contributed by atoms with van der Waals surface area (Å²) in [7, 11) is 1.90. The van der Waals surface area contributed by atoms with Gasteiger partial charge in [-0.1, -0.05) is 18.2 Å². The van der Waals surface area contributed by atoms with Crippen molar-refractivity contribution < 1.29 is 4.79 Å². The summed E-state index contributed by atoms with van der Waals surface area (Å²) in [4.78, 5) is 13.7. The Bertz CT molecular complexity index is 660. The van der Waals surface area contributed by atoms with Crippen LogP contribution in [0.15, 0.2) is 24.3 Å². The average Bonchev–Trinajstić information content (AvgIpc) is 2.72. The fraction of sp³-hybridized carbons (Fsp3) is 0.375. The van der Waals surface area contributed by atoms with E-state index in [1.807, 2.05) is 24.7 Å². The van der Waals surface area contributed by atoms with E-state index in [1.54, 1.807) is 0 Å². The zero-order chi connectivity index (χ0) is 14.3. The van der Waals surface area contributed by atoms with E-state index in [-0.39, 0.29) is 0 Å². The highest BCUT2D eigenvalue weighted by Crippen LogP contribution is 2.38. The third kappa shape index (κ3) is 1.83. The molecule has 0 N–H and O–H groups in total. The molecule has 0 aliphatic carbocycles. The lowest BCUT2D eigenvalue weighted by Gasteiger charge is -2.37. The van der Waals surface area contributed by atoms with Gasteiger partial charge in [-0.15, -0.1) is 0 Å². The minimum Gasteiger partial charge on any atom is -0.323 e. The number of aromatic nitrogens is 2. The Labute approximate surface area is 119 Å². The van der Waals surface area contributed by atoms with Gasteiger partial charge in [-0.05, 0) is 38.3 Å². The van der Waals surface area contributed by atoms with Gasteiger partial charge in [0.05, 0.1) is 11.3 Å². The molecule has 1 atom stereocenters. The molecule has 0 fully saturated rings. The lowest BCUT2D eigenvalue weighted by molar-refractivity contribution is 0.112. The Morgan fingerprint density at radius 3 is 2.85 bits per heavy atom. The van der Waals surface area contributed by atoms with E-state index >= 15 is 0 Å². The van der Waals surface area contributed by atoms with E-state index in [2.05, 4.69) is 35.1 Å². The van der Waals surface area contributed by atoms with Crippen LogP contribution in [0.25, 0.3) is 0 Å². The number of fused-ring (bicyclic) bond motifs is 1. The van der Waals surface area contributed by atoms with Crippen LogP contribution in [0.4, 0.5) is 11.5 Å². The Hall–Kier alpha value is -2.10. The van der Waals surface area contributed by atoms with Crippen LogP contribution < -0.4 is 4.90 Å². The van der Waals surface area contributed by atoms with Gasteiger partial charge < -0.3 is 4.90 Å². The number of benzene rings is 1. The molecule has 0 amide bonds. The van der Waals surface area contributed by atoms with Gasteiger partial charge >= 0.3 is 0 Å². The van der Waals surface area contributed by atoms with Crippen LogP contribution in [0.1, 0.15) is 35.0 Å². The summed E-state index contributed by atoms with van der Waals surface area (Å²) in [6, 6.07) is 8.77. The molecule has 4 nitrogen and oxygen atoms in total.